The minimum Gasteiger partial charge on any atom is -0.457 e. The molecule has 0 aliphatic carbocycles. The Labute approximate surface area is 177 Å². The first kappa shape index (κ1) is 18.5. The lowest BCUT2D eigenvalue weighted by atomic mass is 10.2. The molecule has 7 nitrogen and oxygen atoms in total. The summed E-state index contributed by atoms with van der Waals surface area (Å²) in [5.41, 5.74) is 1.82. The molecule has 31 heavy (non-hydrogen) atoms. The zero-order valence-electron chi connectivity index (χ0n) is 16.4. The van der Waals surface area contributed by atoms with Crippen LogP contribution in [0.25, 0.3) is 16.7 Å². The Morgan fingerprint density at radius 2 is 1.61 bits per heavy atom. The van der Waals surface area contributed by atoms with E-state index < -0.39 is 0 Å². The summed E-state index contributed by atoms with van der Waals surface area (Å²) in [4.78, 5) is 17.2. The van der Waals surface area contributed by atoms with Crippen molar-refractivity contribution in [3.05, 3.63) is 113 Å². The fraction of sp³-hybridized carbons (Fsp3) is 0. The summed E-state index contributed by atoms with van der Waals surface area (Å²) >= 11 is 0. The summed E-state index contributed by atoms with van der Waals surface area (Å²) in [6.45, 7) is 0. The Bertz CT molecular complexity index is 1420. The van der Waals surface area contributed by atoms with Crippen LogP contribution in [0.1, 0.15) is 5.56 Å². The van der Waals surface area contributed by atoms with Gasteiger partial charge in [-0.1, -0.05) is 48.5 Å². The lowest BCUT2D eigenvalue weighted by Crippen LogP contribution is -2.17. The predicted octanol–water partition coefficient (Wildman–Crippen LogP) is 4.26. The summed E-state index contributed by atoms with van der Waals surface area (Å²) < 4.78 is 8.68. The number of benzene rings is 3. The first-order chi connectivity index (χ1) is 15.3. The van der Waals surface area contributed by atoms with E-state index in [2.05, 4.69) is 15.2 Å². The minimum atomic E-state index is -0.292. The van der Waals surface area contributed by atoms with Crippen molar-refractivity contribution in [2.75, 3.05) is 0 Å². The van der Waals surface area contributed by atoms with Crippen LogP contribution >= 0.6 is 0 Å². The Kier molecular flexibility index (Phi) is 4.82. The van der Waals surface area contributed by atoms with E-state index in [9.17, 15) is 4.79 Å². The van der Waals surface area contributed by atoms with Crippen molar-refractivity contribution in [2.45, 2.75) is 0 Å². The number of aromatic nitrogens is 4. The van der Waals surface area contributed by atoms with Gasteiger partial charge in [0.15, 0.2) is 5.65 Å². The molecule has 0 aliphatic heterocycles. The summed E-state index contributed by atoms with van der Waals surface area (Å²) in [7, 11) is 0. The quantitative estimate of drug-likeness (QED) is 0.408. The molecule has 5 rings (SSSR count). The van der Waals surface area contributed by atoms with E-state index in [0.717, 1.165) is 17.0 Å². The Morgan fingerprint density at radius 1 is 0.871 bits per heavy atom. The Hall–Kier alpha value is -4.52. The number of ether oxygens (including phenoxy) is 1. The van der Waals surface area contributed by atoms with Gasteiger partial charge in [0.25, 0.3) is 5.56 Å². The van der Waals surface area contributed by atoms with Crippen LogP contribution in [0, 0.1) is 0 Å². The predicted molar refractivity (Wildman–Crippen MR) is 119 cm³/mol. The standard InChI is InChI=1S/C24H17N5O2/c30-24-22-16-27-29(19-9-3-1-4-10-19)23(22)25-17-28(24)26-15-18-8-7-13-21(14-18)31-20-11-5-2-6-12-20/h1-17H/b26-15-. The molecule has 0 bridgehead atoms. The highest BCUT2D eigenvalue weighted by atomic mass is 16.5. The largest absolute Gasteiger partial charge is 0.457 e. The van der Waals surface area contributed by atoms with Crippen molar-refractivity contribution < 1.29 is 4.74 Å². The fourth-order valence-electron chi connectivity index (χ4n) is 3.15. The van der Waals surface area contributed by atoms with E-state index in [0.29, 0.717) is 16.8 Å². The molecule has 3 aromatic carbocycles. The number of hydrogen-bond donors (Lipinski definition) is 0. The van der Waals surface area contributed by atoms with Crippen molar-refractivity contribution in [1.29, 1.82) is 0 Å². The third-order valence-corrected chi connectivity index (χ3v) is 4.64. The SMILES string of the molecule is O=c1c2cnn(-c3ccccc3)c2ncn1/N=C\c1cccc(Oc2ccccc2)c1. The molecule has 0 aliphatic rings. The van der Waals surface area contributed by atoms with Gasteiger partial charge in [0.2, 0.25) is 0 Å². The van der Waals surface area contributed by atoms with Gasteiger partial charge in [-0.2, -0.15) is 14.9 Å². The highest BCUT2D eigenvalue weighted by Gasteiger charge is 2.10. The van der Waals surface area contributed by atoms with Crippen LogP contribution in [0.3, 0.4) is 0 Å². The van der Waals surface area contributed by atoms with Crippen molar-refractivity contribution in [1.82, 2.24) is 19.4 Å². The number of nitrogens with zero attached hydrogens (tertiary/aromatic N) is 5. The molecule has 0 radical (unpaired) electrons. The molecular formula is C24H17N5O2. The molecule has 0 saturated heterocycles. The fourth-order valence-corrected chi connectivity index (χ4v) is 3.15. The summed E-state index contributed by atoms with van der Waals surface area (Å²) in [6, 6.07) is 26.5. The molecule has 2 aromatic heterocycles. The number of hydrogen-bond acceptors (Lipinski definition) is 5. The van der Waals surface area contributed by atoms with Crippen LogP contribution in [0.4, 0.5) is 0 Å². The average molecular weight is 407 g/mol. The van der Waals surface area contributed by atoms with Gasteiger partial charge in [-0.3, -0.25) is 4.79 Å². The zero-order valence-corrected chi connectivity index (χ0v) is 16.4. The average Bonchev–Trinajstić information content (AvgIpc) is 3.25. The van der Waals surface area contributed by atoms with E-state index in [1.54, 1.807) is 10.9 Å². The highest BCUT2D eigenvalue weighted by molar-refractivity contribution is 5.80. The third kappa shape index (κ3) is 3.84. The van der Waals surface area contributed by atoms with Crippen LogP contribution in [-0.2, 0) is 0 Å². The Morgan fingerprint density at radius 3 is 2.42 bits per heavy atom. The van der Waals surface area contributed by atoms with Gasteiger partial charge in [0.05, 0.1) is 18.1 Å². The first-order valence-corrected chi connectivity index (χ1v) is 9.66. The van der Waals surface area contributed by atoms with Gasteiger partial charge in [-0.25, -0.2) is 9.67 Å². The van der Waals surface area contributed by atoms with Crippen molar-refractivity contribution in [3.63, 3.8) is 0 Å². The van der Waals surface area contributed by atoms with Gasteiger partial charge >= 0.3 is 0 Å². The molecule has 7 heteroatoms. The van der Waals surface area contributed by atoms with E-state index in [1.807, 2.05) is 84.9 Å². The van der Waals surface area contributed by atoms with E-state index in [-0.39, 0.29) is 5.56 Å². The molecule has 0 atom stereocenters. The third-order valence-electron chi connectivity index (χ3n) is 4.64. The van der Waals surface area contributed by atoms with Gasteiger partial charge in [-0.15, -0.1) is 0 Å². The van der Waals surface area contributed by atoms with Crippen LogP contribution in [0.2, 0.25) is 0 Å². The van der Waals surface area contributed by atoms with Crippen LogP contribution < -0.4 is 10.3 Å². The van der Waals surface area contributed by atoms with Crippen LogP contribution in [0.5, 0.6) is 11.5 Å². The molecule has 0 saturated carbocycles. The highest BCUT2D eigenvalue weighted by Crippen LogP contribution is 2.21. The molecule has 2 heterocycles. The van der Waals surface area contributed by atoms with E-state index in [1.165, 1.54) is 17.2 Å². The molecular weight excluding hydrogens is 390 g/mol. The van der Waals surface area contributed by atoms with Crippen LogP contribution in [0.15, 0.2) is 107 Å². The second kappa shape index (κ2) is 8.08. The van der Waals surface area contributed by atoms with Gasteiger partial charge < -0.3 is 4.74 Å². The molecule has 0 unspecified atom stereocenters. The summed E-state index contributed by atoms with van der Waals surface area (Å²) in [6.07, 6.45) is 4.50. The lowest BCUT2D eigenvalue weighted by Gasteiger charge is -2.06. The van der Waals surface area contributed by atoms with Crippen LogP contribution in [-0.4, -0.2) is 25.7 Å². The number of rotatable bonds is 5. The number of fused-ring (bicyclic) bond motifs is 1. The molecule has 0 N–H and O–H groups in total. The monoisotopic (exact) mass is 407 g/mol. The summed E-state index contributed by atoms with van der Waals surface area (Å²) in [5, 5.41) is 8.98. The zero-order chi connectivity index (χ0) is 21.0. The van der Waals surface area contributed by atoms with Gasteiger partial charge in [0, 0.05) is 0 Å². The number of para-hydroxylation sites is 2. The minimum absolute atomic E-state index is 0.292. The lowest BCUT2D eigenvalue weighted by molar-refractivity contribution is 0.482. The summed E-state index contributed by atoms with van der Waals surface area (Å²) in [5.74, 6) is 1.43. The normalized spacial score (nSPS) is 11.2. The molecule has 0 spiro atoms. The van der Waals surface area contributed by atoms with Crippen molar-refractivity contribution >= 4 is 17.2 Å². The van der Waals surface area contributed by atoms with Crippen molar-refractivity contribution in [3.8, 4) is 17.2 Å². The second-order valence-corrected chi connectivity index (χ2v) is 6.76. The van der Waals surface area contributed by atoms with E-state index >= 15 is 0 Å². The molecule has 0 amide bonds. The maximum absolute atomic E-state index is 12.8. The van der Waals surface area contributed by atoms with Gasteiger partial charge in [-0.05, 0) is 42.0 Å². The Balaban J connectivity index is 1.43. The van der Waals surface area contributed by atoms with E-state index in [4.69, 9.17) is 4.74 Å². The topological polar surface area (TPSA) is 74.3 Å². The molecule has 0 fully saturated rings. The maximum Gasteiger partial charge on any atom is 0.285 e. The van der Waals surface area contributed by atoms with Gasteiger partial charge in [0.1, 0.15) is 23.2 Å². The maximum atomic E-state index is 12.8. The first-order valence-electron chi connectivity index (χ1n) is 9.66. The smallest absolute Gasteiger partial charge is 0.285 e. The molecule has 5 aromatic rings. The van der Waals surface area contributed by atoms with Crippen molar-refractivity contribution in [2.24, 2.45) is 5.10 Å². The second-order valence-electron chi connectivity index (χ2n) is 6.76. The molecule has 150 valence electrons.